The van der Waals surface area contributed by atoms with E-state index >= 15 is 0 Å². The fraction of sp³-hybridized carbons (Fsp3) is 0.353. The van der Waals surface area contributed by atoms with Gasteiger partial charge in [-0.3, -0.25) is 4.68 Å². The molecule has 110 valence electrons. The van der Waals surface area contributed by atoms with Gasteiger partial charge in [0.2, 0.25) is 0 Å². The Labute approximate surface area is 129 Å². The van der Waals surface area contributed by atoms with Gasteiger partial charge in [-0.2, -0.15) is 5.10 Å². The van der Waals surface area contributed by atoms with E-state index in [0.717, 1.165) is 19.4 Å². The first-order valence-corrected chi connectivity index (χ1v) is 8.33. The van der Waals surface area contributed by atoms with Gasteiger partial charge in [0.25, 0.3) is 0 Å². The Morgan fingerprint density at radius 1 is 1.19 bits per heavy atom. The van der Waals surface area contributed by atoms with E-state index in [1.165, 1.54) is 21.5 Å². The molecular weight excluding hydrogens is 278 g/mol. The van der Waals surface area contributed by atoms with Gasteiger partial charge in [-0.25, -0.2) is 0 Å². The highest BCUT2D eigenvalue weighted by atomic mass is 32.1. The van der Waals surface area contributed by atoms with Crippen molar-refractivity contribution in [3.63, 3.8) is 0 Å². The summed E-state index contributed by atoms with van der Waals surface area (Å²) in [5.41, 5.74) is 2.43. The molecule has 0 saturated carbocycles. The van der Waals surface area contributed by atoms with Crippen LogP contribution in [0, 0.1) is 0 Å². The van der Waals surface area contributed by atoms with Gasteiger partial charge in [-0.15, -0.1) is 11.3 Å². The van der Waals surface area contributed by atoms with Gasteiger partial charge in [-0.05, 0) is 37.9 Å². The number of fused-ring (bicyclic) bond motifs is 1. The molecule has 1 N–H and O–H groups in total. The molecule has 0 aliphatic rings. The molecule has 0 aliphatic heterocycles. The summed E-state index contributed by atoms with van der Waals surface area (Å²) in [4.78, 5) is 1.42. The molecular formula is C17H21N3S. The maximum Gasteiger partial charge on any atom is 0.0719 e. The van der Waals surface area contributed by atoms with E-state index in [1.807, 2.05) is 18.4 Å². The van der Waals surface area contributed by atoms with E-state index in [0.29, 0.717) is 6.04 Å². The predicted molar refractivity (Wildman–Crippen MR) is 90.0 cm³/mol. The van der Waals surface area contributed by atoms with Gasteiger partial charge in [0, 0.05) is 29.3 Å². The highest BCUT2D eigenvalue weighted by Gasteiger charge is 2.15. The number of hydrogen-bond acceptors (Lipinski definition) is 3. The molecule has 1 aromatic carbocycles. The average Bonchev–Trinajstić information content (AvgIpc) is 3.14. The van der Waals surface area contributed by atoms with E-state index < -0.39 is 0 Å². The summed E-state index contributed by atoms with van der Waals surface area (Å²) >= 11 is 1.82. The lowest BCUT2D eigenvalue weighted by Gasteiger charge is -2.14. The van der Waals surface area contributed by atoms with Gasteiger partial charge in [0.05, 0.1) is 11.2 Å². The summed E-state index contributed by atoms with van der Waals surface area (Å²) in [6, 6.07) is 13.3. The van der Waals surface area contributed by atoms with E-state index in [4.69, 9.17) is 5.10 Å². The standard InChI is InChI=1S/C17H21N3S/c1-3-20-17-9-5-4-8-15(17)16(19-20)12-13(18-2)11-14-7-6-10-21-14/h4-10,13,18H,3,11-12H2,1-2H3. The lowest BCUT2D eigenvalue weighted by Crippen LogP contribution is -2.29. The van der Waals surface area contributed by atoms with E-state index in [2.05, 4.69) is 58.7 Å². The van der Waals surface area contributed by atoms with Crippen LogP contribution < -0.4 is 5.32 Å². The molecule has 21 heavy (non-hydrogen) atoms. The van der Waals surface area contributed by atoms with Crippen molar-refractivity contribution < 1.29 is 0 Å². The fourth-order valence-corrected chi connectivity index (χ4v) is 3.56. The number of rotatable bonds is 6. The Balaban J connectivity index is 1.86. The second-order valence-electron chi connectivity index (χ2n) is 5.25. The molecule has 2 heterocycles. The SMILES string of the molecule is CCn1nc(CC(Cc2cccs2)NC)c2ccccc21. The van der Waals surface area contributed by atoms with E-state index in [9.17, 15) is 0 Å². The summed E-state index contributed by atoms with van der Waals surface area (Å²) in [5.74, 6) is 0. The molecule has 0 spiro atoms. The maximum atomic E-state index is 4.80. The Kier molecular flexibility index (Phi) is 4.36. The smallest absolute Gasteiger partial charge is 0.0719 e. The largest absolute Gasteiger partial charge is 0.316 e. The van der Waals surface area contributed by atoms with Crippen molar-refractivity contribution in [3.05, 3.63) is 52.3 Å². The molecule has 0 aliphatic carbocycles. The number of hydrogen-bond donors (Lipinski definition) is 1. The van der Waals surface area contributed by atoms with Crippen molar-refractivity contribution in [3.8, 4) is 0 Å². The summed E-state index contributed by atoms with van der Waals surface area (Å²) in [6.07, 6.45) is 2.02. The van der Waals surface area contributed by atoms with Crippen molar-refractivity contribution >= 4 is 22.2 Å². The average molecular weight is 299 g/mol. The number of likely N-dealkylation sites (N-methyl/N-ethyl adjacent to an activating group) is 1. The number of nitrogens with one attached hydrogen (secondary N) is 1. The van der Waals surface area contributed by atoms with Crippen molar-refractivity contribution in [1.82, 2.24) is 15.1 Å². The van der Waals surface area contributed by atoms with Crippen LogP contribution in [0.25, 0.3) is 10.9 Å². The number of aromatic nitrogens is 2. The van der Waals surface area contributed by atoms with Gasteiger partial charge in [-0.1, -0.05) is 24.3 Å². The molecule has 4 heteroatoms. The minimum absolute atomic E-state index is 0.423. The van der Waals surface area contributed by atoms with Crippen LogP contribution in [0.2, 0.25) is 0 Å². The summed E-state index contributed by atoms with van der Waals surface area (Å²) in [5, 5.41) is 11.7. The second-order valence-corrected chi connectivity index (χ2v) is 6.29. The van der Waals surface area contributed by atoms with Crippen LogP contribution >= 0.6 is 11.3 Å². The minimum Gasteiger partial charge on any atom is -0.316 e. The normalized spacial score (nSPS) is 12.9. The summed E-state index contributed by atoms with van der Waals surface area (Å²) in [6.45, 7) is 3.06. The molecule has 3 rings (SSSR count). The molecule has 3 aromatic rings. The second kappa shape index (κ2) is 6.41. The van der Waals surface area contributed by atoms with Crippen molar-refractivity contribution in [2.75, 3.05) is 7.05 Å². The number of para-hydroxylation sites is 1. The van der Waals surface area contributed by atoms with Gasteiger partial charge in [0.15, 0.2) is 0 Å². The predicted octanol–water partition coefficient (Wildman–Crippen LogP) is 3.49. The topological polar surface area (TPSA) is 29.9 Å². The van der Waals surface area contributed by atoms with Crippen LogP contribution in [-0.2, 0) is 19.4 Å². The zero-order chi connectivity index (χ0) is 14.7. The molecule has 2 aromatic heterocycles. The number of thiophene rings is 1. The Morgan fingerprint density at radius 2 is 2.05 bits per heavy atom. The van der Waals surface area contributed by atoms with E-state index in [1.54, 1.807) is 0 Å². The molecule has 0 radical (unpaired) electrons. The van der Waals surface area contributed by atoms with Crippen LogP contribution in [0.15, 0.2) is 41.8 Å². The molecule has 1 atom stereocenters. The molecule has 3 nitrogen and oxygen atoms in total. The van der Waals surface area contributed by atoms with Crippen LogP contribution in [0.1, 0.15) is 17.5 Å². The van der Waals surface area contributed by atoms with Crippen LogP contribution in [0.4, 0.5) is 0 Å². The summed E-state index contributed by atoms with van der Waals surface area (Å²) in [7, 11) is 2.04. The molecule has 0 amide bonds. The highest BCUT2D eigenvalue weighted by molar-refractivity contribution is 7.09. The monoisotopic (exact) mass is 299 g/mol. The third-order valence-corrected chi connectivity index (χ3v) is 4.81. The Hall–Kier alpha value is -1.65. The number of nitrogens with zero attached hydrogens (tertiary/aromatic N) is 2. The van der Waals surface area contributed by atoms with Crippen molar-refractivity contribution in [2.45, 2.75) is 32.4 Å². The first-order valence-electron chi connectivity index (χ1n) is 7.46. The van der Waals surface area contributed by atoms with E-state index in [-0.39, 0.29) is 0 Å². The lowest BCUT2D eigenvalue weighted by atomic mass is 10.0. The third-order valence-electron chi connectivity index (χ3n) is 3.91. The highest BCUT2D eigenvalue weighted by Crippen LogP contribution is 2.21. The van der Waals surface area contributed by atoms with Gasteiger partial charge >= 0.3 is 0 Å². The fourth-order valence-electron chi connectivity index (χ4n) is 2.77. The Morgan fingerprint density at radius 3 is 2.76 bits per heavy atom. The molecule has 1 unspecified atom stereocenters. The molecule has 0 bridgehead atoms. The Bertz CT molecular complexity index is 700. The maximum absolute atomic E-state index is 4.80. The summed E-state index contributed by atoms with van der Waals surface area (Å²) < 4.78 is 2.10. The number of benzene rings is 1. The van der Waals surface area contributed by atoms with Crippen LogP contribution in [0.5, 0.6) is 0 Å². The molecule has 0 saturated heterocycles. The zero-order valence-electron chi connectivity index (χ0n) is 12.5. The first kappa shape index (κ1) is 14.3. The zero-order valence-corrected chi connectivity index (χ0v) is 13.4. The number of aryl methyl sites for hydroxylation is 1. The first-order chi connectivity index (χ1) is 10.3. The third kappa shape index (κ3) is 3.01. The van der Waals surface area contributed by atoms with Crippen molar-refractivity contribution in [2.24, 2.45) is 0 Å². The van der Waals surface area contributed by atoms with Crippen molar-refractivity contribution in [1.29, 1.82) is 0 Å². The minimum atomic E-state index is 0.423. The van der Waals surface area contributed by atoms with Gasteiger partial charge < -0.3 is 5.32 Å². The molecule has 0 fully saturated rings. The quantitative estimate of drug-likeness (QED) is 0.755. The van der Waals surface area contributed by atoms with Crippen LogP contribution in [-0.4, -0.2) is 22.9 Å². The van der Waals surface area contributed by atoms with Crippen LogP contribution in [0.3, 0.4) is 0 Å². The van der Waals surface area contributed by atoms with Gasteiger partial charge in [0.1, 0.15) is 0 Å². The lowest BCUT2D eigenvalue weighted by molar-refractivity contribution is 0.546.